The van der Waals surface area contributed by atoms with Crippen LogP contribution < -0.4 is 0 Å². The monoisotopic (exact) mass is 240 g/mol. The first kappa shape index (κ1) is 12.0. The molecule has 0 amide bonds. The minimum atomic E-state index is 0.684. The molecule has 0 aliphatic heterocycles. The number of aryl methyl sites for hydroxylation is 1. The quantitative estimate of drug-likeness (QED) is 0.642. The Morgan fingerprint density at radius 1 is 1.11 bits per heavy atom. The van der Waals surface area contributed by atoms with Gasteiger partial charge in [0.05, 0.1) is 0 Å². The Morgan fingerprint density at radius 3 is 2.78 bits per heavy atom. The fourth-order valence-corrected chi connectivity index (χ4v) is 3.77. The fourth-order valence-electron chi connectivity index (χ4n) is 3.77. The van der Waals surface area contributed by atoms with Gasteiger partial charge in [0.1, 0.15) is 0 Å². The van der Waals surface area contributed by atoms with Crippen molar-refractivity contribution in [3.8, 4) is 0 Å². The molecule has 0 saturated heterocycles. The maximum absolute atomic E-state index is 2.49. The average Bonchev–Trinajstić information content (AvgIpc) is 2.58. The smallest absolute Gasteiger partial charge is 0.00318 e. The van der Waals surface area contributed by atoms with Crippen molar-refractivity contribution in [1.29, 1.82) is 0 Å². The zero-order valence-corrected chi connectivity index (χ0v) is 11.8. The van der Waals surface area contributed by atoms with Gasteiger partial charge in [-0.3, -0.25) is 0 Å². The summed E-state index contributed by atoms with van der Waals surface area (Å²) in [5.41, 5.74) is 8.21. The normalized spacial score (nSPS) is 22.7. The molecule has 3 rings (SSSR count). The van der Waals surface area contributed by atoms with Gasteiger partial charge in [-0.2, -0.15) is 0 Å². The van der Waals surface area contributed by atoms with E-state index in [1.807, 2.05) is 0 Å². The summed E-state index contributed by atoms with van der Waals surface area (Å²) in [6.45, 7) is 4.68. The van der Waals surface area contributed by atoms with E-state index in [0.29, 0.717) is 5.92 Å². The Hall–Kier alpha value is -1.04. The predicted octanol–water partition coefficient (Wildman–Crippen LogP) is 5.47. The van der Waals surface area contributed by atoms with E-state index >= 15 is 0 Å². The zero-order valence-electron chi connectivity index (χ0n) is 11.8. The molecule has 0 radical (unpaired) electrons. The first-order chi connectivity index (χ1) is 8.81. The van der Waals surface area contributed by atoms with Crippen LogP contribution in [-0.2, 0) is 6.42 Å². The van der Waals surface area contributed by atoms with Crippen molar-refractivity contribution in [3.05, 3.63) is 40.5 Å². The van der Waals surface area contributed by atoms with Crippen molar-refractivity contribution >= 4 is 5.57 Å². The Labute approximate surface area is 111 Å². The van der Waals surface area contributed by atoms with Gasteiger partial charge in [-0.15, -0.1) is 0 Å². The summed E-state index contributed by atoms with van der Waals surface area (Å²) in [4.78, 5) is 0. The molecule has 2 aliphatic carbocycles. The molecule has 0 fully saturated rings. The molecule has 0 heteroatoms. The third kappa shape index (κ3) is 1.92. The molecule has 1 aromatic rings. The second-order valence-corrected chi connectivity index (χ2v) is 5.96. The van der Waals surface area contributed by atoms with E-state index in [1.165, 1.54) is 50.5 Å². The molecule has 0 unspecified atom stereocenters. The first-order valence-corrected chi connectivity index (χ1v) is 7.66. The van der Waals surface area contributed by atoms with Crippen LogP contribution in [0.15, 0.2) is 23.8 Å². The highest BCUT2D eigenvalue weighted by atomic mass is 14.3. The Balaban J connectivity index is 2.03. The first-order valence-electron chi connectivity index (χ1n) is 7.66. The molecule has 0 saturated carbocycles. The van der Waals surface area contributed by atoms with Crippen molar-refractivity contribution in [2.24, 2.45) is 0 Å². The summed E-state index contributed by atoms with van der Waals surface area (Å²) < 4.78 is 0. The highest BCUT2D eigenvalue weighted by Gasteiger charge is 2.28. The van der Waals surface area contributed by atoms with Crippen molar-refractivity contribution in [2.75, 3.05) is 0 Å². The second kappa shape index (κ2) is 4.91. The van der Waals surface area contributed by atoms with Crippen molar-refractivity contribution < 1.29 is 0 Å². The Morgan fingerprint density at radius 2 is 1.94 bits per heavy atom. The van der Waals surface area contributed by atoms with Gasteiger partial charge in [0.25, 0.3) is 0 Å². The van der Waals surface area contributed by atoms with Crippen LogP contribution >= 0.6 is 0 Å². The standard InChI is InChI=1S/C18H24/c1-3-7-14-10-11-16-13(2)15-8-5-4-6-9-17(15)18(16)12-14/h10-13H,3-9H2,1-2H3/t13-/m0/s1. The van der Waals surface area contributed by atoms with E-state index in [4.69, 9.17) is 0 Å². The summed E-state index contributed by atoms with van der Waals surface area (Å²) >= 11 is 0. The van der Waals surface area contributed by atoms with E-state index in [9.17, 15) is 0 Å². The van der Waals surface area contributed by atoms with Gasteiger partial charge >= 0.3 is 0 Å². The van der Waals surface area contributed by atoms with E-state index in [1.54, 1.807) is 22.3 Å². The van der Waals surface area contributed by atoms with Crippen molar-refractivity contribution in [3.63, 3.8) is 0 Å². The summed E-state index contributed by atoms with van der Waals surface area (Å²) in [7, 11) is 0. The van der Waals surface area contributed by atoms with Gasteiger partial charge in [-0.1, -0.05) is 50.5 Å². The van der Waals surface area contributed by atoms with Crippen LogP contribution in [0.1, 0.15) is 75.0 Å². The van der Waals surface area contributed by atoms with Crippen LogP contribution in [0.2, 0.25) is 0 Å². The van der Waals surface area contributed by atoms with Crippen molar-refractivity contribution in [2.45, 2.75) is 64.7 Å². The van der Waals surface area contributed by atoms with Gasteiger partial charge in [0, 0.05) is 5.92 Å². The van der Waals surface area contributed by atoms with Gasteiger partial charge < -0.3 is 0 Å². The summed E-state index contributed by atoms with van der Waals surface area (Å²) in [6.07, 6.45) is 9.35. The Bertz CT molecular complexity index is 479. The number of hydrogen-bond donors (Lipinski definition) is 0. The SMILES string of the molecule is CCCc1ccc2c(c1)C1=C(CCCCC1)[C@@H]2C. The lowest BCUT2D eigenvalue weighted by Crippen LogP contribution is -1.94. The second-order valence-electron chi connectivity index (χ2n) is 5.96. The fraction of sp³-hybridized carbons (Fsp3) is 0.556. The van der Waals surface area contributed by atoms with E-state index in [-0.39, 0.29) is 0 Å². The minimum absolute atomic E-state index is 0.684. The third-order valence-corrected chi connectivity index (χ3v) is 4.73. The molecule has 0 aromatic heterocycles. The molecule has 0 spiro atoms. The largest absolute Gasteiger partial charge is 0.0651 e. The van der Waals surface area contributed by atoms with Crippen LogP contribution in [-0.4, -0.2) is 0 Å². The lowest BCUT2D eigenvalue weighted by molar-refractivity contribution is 0.692. The summed E-state index contributed by atoms with van der Waals surface area (Å²) in [6, 6.07) is 7.24. The zero-order chi connectivity index (χ0) is 12.5. The van der Waals surface area contributed by atoms with Gasteiger partial charge in [0.15, 0.2) is 0 Å². The lowest BCUT2D eigenvalue weighted by atomic mass is 9.93. The van der Waals surface area contributed by atoms with E-state index in [2.05, 4.69) is 32.0 Å². The molecule has 0 bridgehead atoms. The van der Waals surface area contributed by atoms with Crippen LogP contribution in [0, 0.1) is 0 Å². The molecule has 2 aliphatic rings. The van der Waals surface area contributed by atoms with Crippen LogP contribution in [0.3, 0.4) is 0 Å². The van der Waals surface area contributed by atoms with Crippen LogP contribution in [0.4, 0.5) is 0 Å². The minimum Gasteiger partial charge on any atom is -0.0651 e. The number of allylic oxidation sites excluding steroid dienone is 2. The third-order valence-electron chi connectivity index (χ3n) is 4.73. The number of benzene rings is 1. The molecule has 0 heterocycles. The average molecular weight is 240 g/mol. The molecule has 1 aromatic carbocycles. The highest BCUT2D eigenvalue weighted by molar-refractivity contribution is 5.78. The number of hydrogen-bond acceptors (Lipinski definition) is 0. The maximum Gasteiger partial charge on any atom is 0.00318 e. The summed E-state index contributed by atoms with van der Waals surface area (Å²) in [5, 5.41) is 0. The maximum atomic E-state index is 2.49. The predicted molar refractivity (Wildman–Crippen MR) is 78.9 cm³/mol. The molecule has 1 atom stereocenters. The summed E-state index contributed by atoms with van der Waals surface area (Å²) in [5.74, 6) is 0.684. The van der Waals surface area contributed by atoms with Gasteiger partial charge in [-0.05, 0) is 54.4 Å². The molecule has 0 nitrogen and oxygen atoms in total. The number of rotatable bonds is 2. The van der Waals surface area contributed by atoms with E-state index < -0.39 is 0 Å². The lowest BCUT2D eigenvalue weighted by Gasteiger charge is -2.11. The van der Waals surface area contributed by atoms with Gasteiger partial charge in [0.2, 0.25) is 0 Å². The highest BCUT2D eigenvalue weighted by Crippen LogP contribution is 2.47. The Kier molecular flexibility index (Phi) is 3.28. The molecular formula is C18H24. The van der Waals surface area contributed by atoms with E-state index in [0.717, 1.165) is 0 Å². The molecule has 0 N–H and O–H groups in total. The molecular weight excluding hydrogens is 216 g/mol. The van der Waals surface area contributed by atoms with Crippen LogP contribution in [0.25, 0.3) is 5.57 Å². The topological polar surface area (TPSA) is 0 Å². The van der Waals surface area contributed by atoms with Crippen LogP contribution in [0.5, 0.6) is 0 Å². The molecule has 96 valence electrons. The number of fused-ring (bicyclic) bond motifs is 2. The van der Waals surface area contributed by atoms with Crippen molar-refractivity contribution in [1.82, 2.24) is 0 Å². The van der Waals surface area contributed by atoms with Gasteiger partial charge in [-0.25, -0.2) is 0 Å². The molecule has 18 heavy (non-hydrogen) atoms.